The molecule has 0 aliphatic carbocycles. The molecule has 2 aromatic rings. The normalized spacial score (nSPS) is 11.2. The van der Waals surface area contributed by atoms with Crippen LogP contribution >= 0.6 is 0 Å². The van der Waals surface area contributed by atoms with Gasteiger partial charge >= 0.3 is 5.97 Å². The van der Waals surface area contributed by atoms with Gasteiger partial charge in [-0.3, -0.25) is 0 Å². The van der Waals surface area contributed by atoms with E-state index >= 15 is 0 Å². The molecule has 84 valence electrons. The minimum atomic E-state index is -1.04. The fourth-order valence-electron chi connectivity index (χ4n) is 1.86. The van der Waals surface area contributed by atoms with Crippen LogP contribution in [0.25, 0.3) is 10.9 Å². The number of H-pyrrole nitrogens is 1. The van der Waals surface area contributed by atoms with Gasteiger partial charge in [-0.1, -0.05) is 19.9 Å². The first-order valence-electron chi connectivity index (χ1n) is 5.08. The number of benzene rings is 1. The number of carbonyl (C=O) groups is 1. The van der Waals surface area contributed by atoms with E-state index in [1.165, 1.54) is 6.20 Å². The fraction of sp³-hybridized carbons (Fsp3) is 0.250. The number of aromatic amines is 1. The summed E-state index contributed by atoms with van der Waals surface area (Å²) in [6.07, 6.45) is 1.40. The SMILES string of the molecule is CC(C)c1ccc2[nH]cc(C(=O)O)c2c1O. The van der Waals surface area contributed by atoms with Crippen molar-refractivity contribution in [3.63, 3.8) is 0 Å². The topological polar surface area (TPSA) is 73.3 Å². The number of hydrogen-bond acceptors (Lipinski definition) is 2. The van der Waals surface area contributed by atoms with Crippen LogP contribution in [-0.2, 0) is 0 Å². The fourth-order valence-corrected chi connectivity index (χ4v) is 1.86. The maximum Gasteiger partial charge on any atom is 0.338 e. The Morgan fingerprint density at radius 3 is 2.62 bits per heavy atom. The second-order valence-electron chi connectivity index (χ2n) is 4.09. The zero-order valence-corrected chi connectivity index (χ0v) is 9.11. The summed E-state index contributed by atoms with van der Waals surface area (Å²) in [5.74, 6) is -0.824. The number of aromatic hydroxyl groups is 1. The average molecular weight is 219 g/mol. The molecule has 1 heterocycles. The van der Waals surface area contributed by atoms with Gasteiger partial charge in [0.25, 0.3) is 0 Å². The monoisotopic (exact) mass is 219 g/mol. The van der Waals surface area contributed by atoms with Gasteiger partial charge in [-0.15, -0.1) is 0 Å². The van der Waals surface area contributed by atoms with Gasteiger partial charge in [-0.2, -0.15) is 0 Å². The highest BCUT2D eigenvalue weighted by Gasteiger charge is 2.17. The van der Waals surface area contributed by atoms with Crippen LogP contribution < -0.4 is 0 Å². The summed E-state index contributed by atoms with van der Waals surface area (Å²) in [5, 5.41) is 19.4. The predicted octanol–water partition coefficient (Wildman–Crippen LogP) is 2.70. The molecule has 0 spiro atoms. The zero-order chi connectivity index (χ0) is 11.9. The Bertz CT molecular complexity index is 555. The first-order valence-corrected chi connectivity index (χ1v) is 5.08. The van der Waals surface area contributed by atoms with Crippen molar-refractivity contribution < 1.29 is 15.0 Å². The Morgan fingerprint density at radius 1 is 1.38 bits per heavy atom. The molecule has 0 bridgehead atoms. The average Bonchev–Trinajstić information content (AvgIpc) is 2.61. The van der Waals surface area contributed by atoms with E-state index in [9.17, 15) is 9.90 Å². The van der Waals surface area contributed by atoms with Crippen LogP contribution in [0.2, 0.25) is 0 Å². The molecule has 0 saturated carbocycles. The van der Waals surface area contributed by atoms with Crippen molar-refractivity contribution in [3.8, 4) is 5.75 Å². The molecule has 0 amide bonds. The van der Waals surface area contributed by atoms with E-state index in [1.807, 2.05) is 19.9 Å². The van der Waals surface area contributed by atoms with Crippen LogP contribution in [0.3, 0.4) is 0 Å². The molecule has 0 saturated heterocycles. The van der Waals surface area contributed by atoms with Gasteiger partial charge in [0.1, 0.15) is 5.75 Å². The van der Waals surface area contributed by atoms with E-state index in [1.54, 1.807) is 6.07 Å². The van der Waals surface area contributed by atoms with Crippen molar-refractivity contribution in [2.75, 3.05) is 0 Å². The van der Waals surface area contributed by atoms with Gasteiger partial charge in [0.05, 0.1) is 16.5 Å². The number of aromatic nitrogens is 1. The van der Waals surface area contributed by atoms with E-state index in [2.05, 4.69) is 4.98 Å². The second kappa shape index (κ2) is 3.56. The van der Waals surface area contributed by atoms with Crippen LogP contribution in [0.15, 0.2) is 18.3 Å². The van der Waals surface area contributed by atoms with Crippen LogP contribution in [0.5, 0.6) is 5.75 Å². The Kier molecular flexibility index (Phi) is 2.34. The lowest BCUT2D eigenvalue weighted by molar-refractivity contribution is 0.0699. The summed E-state index contributed by atoms with van der Waals surface area (Å²) >= 11 is 0. The van der Waals surface area contributed by atoms with E-state index in [4.69, 9.17) is 5.11 Å². The lowest BCUT2D eigenvalue weighted by atomic mass is 9.99. The van der Waals surface area contributed by atoms with Gasteiger partial charge in [-0.25, -0.2) is 4.79 Å². The summed E-state index contributed by atoms with van der Waals surface area (Å²) in [6.45, 7) is 3.90. The number of nitrogens with one attached hydrogen (secondary N) is 1. The predicted molar refractivity (Wildman–Crippen MR) is 61.0 cm³/mol. The van der Waals surface area contributed by atoms with E-state index in [0.717, 1.165) is 5.56 Å². The maximum atomic E-state index is 11.0. The number of phenolic OH excluding ortho intramolecular Hbond substituents is 1. The van der Waals surface area contributed by atoms with Crippen molar-refractivity contribution in [1.82, 2.24) is 4.98 Å². The molecule has 4 nitrogen and oxygen atoms in total. The van der Waals surface area contributed by atoms with Gasteiger partial charge < -0.3 is 15.2 Å². The van der Waals surface area contributed by atoms with Crippen molar-refractivity contribution >= 4 is 16.9 Å². The van der Waals surface area contributed by atoms with Crippen LogP contribution in [0, 0.1) is 0 Å². The lowest BCUT2D eigenvalue weighted by Gasteiger charge is -2.09. The third-order valence-corrected chi connectivity index (χ3v) is 2.70. The third-order valence-electron chi connectivity index (χ3n) is 2.70. The maximum absolute atomic E-state index is 11.0. The Morgan fingerprint density at radius 2 is 2.06 bits per heavy atom. The number of fused-ring (bicyclic) bond motifs is 1. The van der Waals surface area contributed by atoms with Gasteiger partial charge in [0.2, 0.25) is 0 Å². The molecule has 16 heavy (non-hydrogen) atoms. The van der Waals surface area contributed by atoms with Crippen LogP contribution in [0.4, 0.5) is 0 Å². The molecule has 1 aromatic heterocycles. The highest BCUT2D eigenvalue weighted by Crippen LogP contribution is 2.35. The quantitative estimate of drug-likeness (QED) is 0.727. The highest BCUT2D eigenvalue weighted by molar-refractivity contribution is 6.06. The highest BCUT2D eigenvalue weighted by atomic mass is 16.4. The van der Waals surface area contributed by atoms with Crippen molar-refractivity contribution in [2.24, 2.45) is 0 Å². The Labute approximate surface area is 92.5 Å². The zero-order valence-electron chi connectivity index (χ0n) is 9.11. The molecule has 0 aliphatic heterocycles. The molecule has 0 aliphatic rings. The minimum Gasteiger partial charge on any atom is -0.507 e. The molecule has 0 atom stereocenters. The first kappa shape index (κ1) is 10.5. The molecule has 0 radical (unpaired) electrons. The summed E-state index contributed by atoms with van der Waals surface area (Å²) in [5.41, 5.74) is 1.50. The Balaban J connectivity index is 2.80. The molecular weight excluding hydrogens is 206 g/mol. The number of aromatic carboxylic acids is 1. The molecule has 1 aromatic carbocycles. The third kappa shape index (κ3) is 1.43. The van der Waals surface area contributed by atoms with Gasteiger partial charge in [0.15, 0.2) is 0 Å². The molecule has 4 heteroatoms. The van der Waals surface area contributed by atoms with Gasteiger partial charge in [0, 0.05) is 6.20 Å². The van der Waals surface area contributed by atoms with Gasteiger partial charge in [-0.05, 0) is 17.5 Å². The number of hydrogen-bond donors (Lipinski definition) is 3. The smallest absolute Gasteiger partial charge is 0.338 e. The molecule has 3 N–H and O–H groups in total. The van der Waals surface area contributed by atoms with Crippen molar-refractivity contribution in [3.05, 3.63) is 29.5 Å². The molecule has 0 fully saturated rings. The Hall–Kier alpha value is -1.97. The summed E-state index contributed by atoms with van der Waals surface area (Å²) in [7, 11) is 0. The molecule has 0 unspecified atom stereocenters. The number of carboxylic acid groups (broad SMARTS) is 1. The standard InChI is InChI=1S/C12H13NO3/c1-6(2)7-3-4-9-10(11(7)14)8(5-13-9)12(15)16/h3-6,13-14H,1-2H3,(H,15,16). The largest absolute Gasteiger partial charge is 0.507 e. The van der Waals surface area contributed by atoms with E-state index in [-0.39, 0.29) is 17.2 Å². The van der Waals surface area contributed by atoms with Crippen molar-refractivity contribution in [1.29, 1.82) is 0 Å². The molecular formula is C12H13NO3. The number of phenols is 1. The summed E-state index contributed by atoms with van der Waals surface area (Å²) in [6, 6.07) is 3.60. The van der Waals surface area contributed by atoms with Crippen LogP contribution in [-0.4, -0.2) is 21.2 Å². The first-order chi connectivity index (χ1) is 7.52. The van der Waals surface area contributed by atoms with Crippen molar-refractivity contribution in [2.45, 2.75) is 19.8 Å². The lowest BCUT2D eigenvalue weighted by Crippen LogP contribution is -1.95. The summed E-state index contributed by atoms with van der Waals surface area (Å²) < 4.78 is 0. The minimum absolute atomic E-state index is 0.0613. The van der Waals surface area contributed by atoms with Crippen LogP contribution in [0.1, 0.15) is 35.7 Å². The number of rotatable bonds is 2. The summed E-state index contributed by atoms with van der Waals surface area (Å²) in [4.78, 5) is 13.8. The molecule has 2 rings (SSSR count). The number of carboxylic acids is 1. The van der Waals surface area contributed by atoms with E-state index in [0.29, 0.717) is 10.9 Å². The van der Waals surface area contributed by atoms with E-state index < -0.39 is 5.97 Å². The second-order valence-corrected chi connectivity index (χ2v) is 4.09.